The van der Waals surface area contributed by atoms with Crippen molar-refractivity contribution in [1.29, 1.82) is 0 Å². The Bertz CT molecular complexity index is 3290. The van der Waals surface area contributed by atoms with Crippen molar-refractivity contribution in [2.45, 2.75) is 15.2 Å². The summed E-state index contributed by atoms with van der Waals surface area (Å²) >= 11 is 1.87. The summed E-state index contributed by atoms with van der Waals surface area (Å²) in [7, 11) is -3.08. The predicted octanol–water partition coefficient (Wildman–Crippen LogP) is 13.2. The summed E-state index contributed by atoms with van der Waals surface area (Å²) < 4.78 is 15.1. The van der Waals surface area contributed by atoms with Crippen LogP contribution in [0.25, 0.3) is 55.2 Å². The Labute approximate surface area is 353 Å². The minimum absolute atomic E-state index is 0.458. The lowest BCUT2D eigenvalue weighted by atomic mass is 9.67. The molecule has 0 amide bonds. The SMILES string of the molecule is O=P(c1ccccc1)(c1ccccc1)c1ccc(-c2cccc(-c3nc4ccccc4c4cc5c(cc34)Sc3ccccc3C53c4ccccc4-c4ccccc43)c2)cc1. The molecule has 4 heteroatoms. The Kier molecular flexibility index (Phi) is 8.00. The first-order valence-corrected chi connectivity index (χ1v) is 22.9. The van der Waals surface area contributed by atoms with Crippen LogP contribution in [0.3, 0.4) is 0 Å². The molecule has 282 valence electrons. The van der Waals surface area contributed by atoms with Gasteiger partial charge >= 0.3 is 0 Å². The van der Waals surface area contributed by atoms with Crippen LogP contribution < -0.4 is 15.9 Å². The van der Waals surface area contributed by atoms with Gasteiger partial charge in [-0.05, 0) is 80.2 Å². The van der Waals surface area contributed by atoms with Crippen molar-refractivity contribution in [3.63, 3.8) is 0 Å². The molecule has 2 nitrogen and oxygen atoms in total. The van der Waals surface area contributed by atoms with Crippen molar-refractivity contribution >= 4 is 56.5 Å². The molecule has 0 fully saturated rings. The lowest BCUT2D eigenvalue weighted by molar-refractivity contribution is 0.592. The van der Waals surface area contributed by atoms with Crippen LogP contribution >= 0.6 is 18.9 Å². The number of hydrogen-bond acceptors (Lipinski definition) is 3. The third kappa shape index (κ3) is 5.10. The van der Waals surface area contributed by atoms with E-state index >= 15 is 4.57 Å². The number of rotatable bonds is 5. The fourth-order valence-corrected chi connectivity index (χ4v) is 13.8. The van der Waals surface area contributed by atoms with Crippen LogP contribution in [0.15, 0.2) is 228 Å². The summed E-state index contributed by atoms with van der Waals surface area (Å²) in [6, 6.07) is 77.2. The van der Waals surface area contributed by atoms with E-state index in [0.717, 1.165) is 54.6 Å². The normalized spacial score (nSPS) is 13.5. The van der Waals surface area contributed by atoms with Crippen LogP contribution in [-0.4, -0.2) is 4.98 Å². The first kappa shape index (κ1) is 35.2. The second-order valence-corrected chi connectivity index (χ2v) is 19.6. The second kappa shape index (κ2) is 13.6. The minimum Gasteiger partial charge on any atom is -0.309 e. The van der Waals surface area contributed by atoms with Crippen molar-refractivity contribution in [3.05, 3.63) is 241 Å². The van der Waals surface area contributed by atoms with Crippen molar-refractivity contribution < 1.29 is 4.57 Å². The average Bonchev–Trinajstić information content (AvgIpc) is 3.62. The molecule has 0 atom stereocenters. The number of hydrogen-bond donors (Lipinski definition) is 0. The molecule has 0 saturated carbocycles. The van der Waals surface area contributed by atoms with Gasteiger partial charge in [0.2, 0.25) is 0 Å². The van der Waals surface area contributed by atoms with Gasteiger partial charge in [-0.15, -0.1) is 0 Å². The summed E-state index contributed by atoms with van der Waals surface area (Å²) in [5.74, 6) is 0. The van der Waals surface area contributed by atoms with Gasteiger partial charge in [0.05, 0.1) is 16.6 Å². The molecule has 0 unspecified atom stereocenters. The number of aromatic nitrogens is 1. The lowest BCUT2D eigenvalue weighted by Gasteiger charge is -2.40. The van der Waals surface area contributed by atoms with Crippen LogP contribution in [0.1, 0.15) is 22.3 Å². The molecule has 0 bridgehead atoms. The molecular weight excluding hydrogens is 766 g/mol. The largest absolute Gasteiger partial charge is 0.309 e. The van der Waals surface area contributed by atoms with E-state index in [1.165, 1.54) is 48.6 Å². The summed E-state index contributed by atoms with van der Waals surface area (Å²) in [5.41, 5.74) is 12.6. The zero-order valence-corrected chi connectivity index (χ0v) is 34.2. The third-order valence-electron chi connectivity index (χ3n) is 12.6. The molecule has 12 rings (SSSR count). The zero-order valence-electron chi connectivity index (χ0n) is 32.5. The van der Waals surface area contributed by atoms with Crippen molar-refractivity contribution in [2.24, 2.45) is 0 Å². The van der Waals surface area contributed by atoms with Gasteiger partial charge in [-0.3, -0.25) is 0 Å². The van der Waals surface area contributed by atoms with Crippen molar-refractivity contribution in [3.8, 4) is 33.5 Å². The average molecular weight is 802 g/mol. The monoisotopic (exact) mass is 801 g/mol. The van der Waals surface area contributed by atoms with E-state index in [9.17, 15) is 0 Å². The maximum absolute atomic E-state index is 15.1. The number of pyridine rings is 1. The van der Waals surface area contributed by atoms with Gasteiger partial charge in [-0.25, -0.2) is 4.98 Å². The van der Waals surface area contributed by atoms with Crippen molar-refractivity contribution in [1.82, 2.24) is 4.98 Å². The molecule has 60 heavy (non-hydrogen) atoms. The number of fused-ring (bicyclic) bond motifs is 12. The van der Waals surface area contributed by atoms with E-state index in [4.69, 9.17) is 4.98 Å². The molecule has 1 aliphatic heterocycles. The summed E-state index contributed by atoms with van der Waals surface area (Å²) in [6.45, 7) is 0. The molecule has 10 aromatic rings. The molecule has 0 saturated heterocycles. The van der Waals surface area contributed by atoms with E-state index < -0.39 is 12.6 Å². The first-order chi connectivity index (χ1) is 29.6. The maximum Gasteiger partial charge on any atom is 0.171 e. The van der Waals surface area contributed by atoms with Crippen LogP contribution in [0.5, 0.6) is 0 Å². The first-order valence-electron chi connectivity index (χ1n) is 20.4. The number of benzene rings is 9. The highest BCUT2D eigenvalue weighted by atomic mass is 32.2. The van der Waals surface area contributed by atoms with Crippen LogP contribution in [-0.2, 0) is 9.98 Å². The highest BCUT2D eigenvalue weighted by molar-refractivity contribution is 7.99. The van der Waals surface area contributed by atoms with E-state index in [2.05, 4.69) is 146 Å². The molecule has 0 radical (unpaired) electrons. The lowest BCUT2D eigenvalue weighted by Crippen LogP contribution is -2.32. The van der Waals surface area contributed by atoms with Gasteiger partial charge < -0.3 is 4.57 Å². The van der Waals surface area contributed by atoms with Gasteiger partial charge in [0.1, 0.15) is 0 Å². The molecule has 2 aliphatic rings. The highest BCUT2D eigenvalue weighted by Crippen LogP contribution is 2.62. The summed E-state index contributed by atoms with van der Waals surface area (Å²) in [5, 5.41) is 5.95. The standard InChI is InChI=1S/C56H36NOPS/c58-59(40-18-3-1-4-19-40,41-20-5-2-6-21-41)42-32-30-37(31-33-42)38-16-15-17-39(34-38)55-47-36-54-51(35-46(47)45-24-9-13-28-52(45)57-55)56(50-27-12-14-29-53(50)60-54)48-25-10-7-22-43(48)44-23-8-11-26-49(44)56/h1-36H. The minimum atomic E-state index is -3.08. The fourth-order valence-electron chi connectivity index (χ4n) is 9.95. The topological polar surface area (TPSA) is 30.0 Å². The fraction of sp³-hybridized carbons (Fsp3) is 0.0179. The van der Waals surface area contributed by atoms with Crippen LogP contribution in [0.2, 0.25) is 0 Å². The van der Waals surface area contributed by atoms with Gasteiger partial charge in [-0.2, -0.15) is 0 Å². The molecular formula is C56H36NOPS. The predicted molar refractivity (Wildman–Crippen MR) is 251 cm³/mol. The van der Waals surface area contributed by atoms with E-state index in [-0.39, 0.29) is 0 Å². The van der Waals surface area contributed by atoms with Crippen molar-refractivity contribution in [2.75, 3.05) is 0 Å². The van der Waals surface area contributed by atoms with Crippen LogP contribution in [0.4, 0.5) is 0 Å². The van der Waals surface area contributed by atoms with E-state index in [1.54, 1.807) is 0 Å². The maximum atomic E-state index is 15.1. The summed E-state index contributed by atoms with van der Waals surface area (Å²) in [4.78, 5) is 7.96. The van der Waals surface area contributed by atoms with Gasteiger partial charge in [-0.1, -0.05) is 200 Å². The van der Waals surface area contributed by atoms with Gasteiger partial charge in [0.15, 0.2) is 7.14 Å². The highest BCUT2D eigenvalue weighted by Gasteiger charge is 2.50. The molecule has 1 aromatic heterocycles. The van der Waals surface area contributed by atoms with Gasteiger partial charge in [0.25, 0.3) is 0 Å². The zero-order chi connectivity index (χ0) is 39.8. The Morgan fingerprint density at radius 3 is 1.65 bits per heavy atom. The molecule has 2 heterocycles. The van der Waals surface area contributed by atoms with Gasteiger partial charge in [0, 0.05) is 42.0 Å². The third-order valence-corrected chi connectivity index (χ3v) is 16.8. The summed E-state index contributed by atoms with van der Waals surface area (Å²) in [6.07, 6.45) is 0. The van der Waals surface area contributed by atoms with E-state index in [0.29, 0.717) is 0 Å². The number of para-hydroxylation sites is 1. The Balaban J connectivity index is 1.04. The molecule has 9 aromatic carbocycles. The van der Waals surface area contributed by atoms with Crippen LogP contribution in [0, 0.1) is 0 Å². The quantitative estimate of drug-likeness (QED) is 0.128. The molecule has 1 aliphatic carbocycles. The Morgan fingerprint density at radius 1 is 0.383 bits per heavy atom. The molecule has 0 N–H and O–H groups in total. The Morgan fingerprint density at radius 2 is 0.950 bits per heavy atom. The number of nitrogens with zero attached hydrogens (tertiary/aromatic N) is 1. The molecule has 1 spiro atoms. The Hall–Kier alpha value is -6.77. The second-order valence-electron chi connectivity index (χ2n) is 15.7. The smallest absolute Gasteiger partial charge is 0.171 e. The van der Waals surface area contributed by atoms with E-state index in [1.807, 2.05) is 84.6 Å².